The molecule has 4 nitrogen and oxygen atoms in total. The minimum absolute atomic E-state index is 0.544. The summed E-state index contributed by atoms with van der Waals surface area (Å²) < 4.78 is 0. The predicted molar refractivity (Wildman–Crippen MR) is 89.8 cm³/mol. The first-order valence-corrected chi connectivity index (χ1v) is 8.49. The highest BCUT2D eigenvalue weighted by Crippen LogP contribution is 2.30. The Hall–Kier alpha value is -1.32. The van der Waals surface area contributed by atoms with Crippen molar-refractivity contribution in [3.05, 3.63) is 11.9 Å². The van der Waals surface area contributed by atoms with Crippen LogP contribution in [-0.2, 0) is 6.42 Å². The van der Waals surface area contributed by atoms with Crippen molar-refractivity contribution in [2.24, 2.45) is 11.8 Å². The van der Waals surface area contributed by atoms with Gasteiger partial charge in [-0.15, -0.1) is 0 Å². The quantitative estimate of drug-likeness (QED) is 0.828. The third kappa shape index (κ3) is 4.87. The van der Waals surface area contributed by atoms with E-state index < -0.39 is 0 Å². The van der Waals surface area contributed by atoms with Gasteiger partial charge in [0.05, 0.1) is 0 Å². The fourth-order valence-electron chi connectivity index (χ4n) is 3.35. The molecule has 0 saturated heterocycles. The average molecular weight is 290 g/mol. The standard InChI is InChI=1S/C17H30N4/c1-5-7-18-16-11-17(21-15(6-2)20-16)19-14-9-12(3)8-13(4)10-14/h11-14H,5-10H2,1-4H3,(H2,18,19,20,21). The number of hydrogen-bond donors (Lipinski definition) is 2. The van der Waals surface area contributed by atoms with E-state index in [9.17, 15) is 0 Å². The average Bonchev–Trinajstić information content (AvgIpc) is 2.43. The van der Waals surface area contributed by atoms with Crippen molar-refractivity contribution in [2.75, 3.05) is 17.2 Å². The molecule has 2 rings (SSSR count). The fourth-order valence-corrected chi connectivity index (χ4v) is 3.35. The van der Waals surface area contributed by atoms with Crippen LogP contribution in [-0.4, -0.2) is 22.6 Å². The Morgan fingerprint density at radius 3 is 2.33 bits per heavy atom. The summed E-state index contributed by atoms with van der Waals surface area (Å²) in [5.74, 6) is 4.44. The van der Waals surface area contributed by atoms with E-state index in [1.54, 1.807) is 0 Å². The van der Waals surface area contributed by atoms with E-state index in [-0.39, 0.29) is 0 Å². The molecule has 2 atom stereocenters. The van der Waals surface area contributed by atoms with Crippen LogP contribution in [0, 0.1) is 11.8 Å². The highest BCUT2D eigenvalue weighted by Gasteiger charge is 2.24. The van der Waals surface area contributed by atoms with Crippen molar-refractivity contribution in [2.45, 2.75) is 65.8 Å². The largest absolute Gasteiger partial charge is 0.370 e. The van der Waals surface area contributed by atoms with Gasteiger partial charge in [0.2, 0.25) is 0 Å². The molecule has 1 fully saturated rings. The van der Waals surface area contributed by atoms with Crippen LogP contribution in [0.1, 0.15) is 59.2 Å². The van der Waals surface area contributed by atoms with Crippen molar-refractivity contribution in [3.8, 4) is 0 Å². The summed E-state index contributed by atoms with van der Waals surface area (Å²) in [6.07, 6.45) is 5.81. The summed E-state index contributed by atoms with van der Waals surface area (Å²) >= 11 is 0. The topological polar surface area (TPSA) is 49.8 Å². The van der Waals surface area contributed by atoms with Gasteiger partial charge in [0.15, 0.2) is 0 Å². The number of anilines is 2. The summed E-state index contributed by atoms with van der Waals surface area (Å²) in [4.78, 5) is 9.19. The molecule has 0 spiro atoms. The van der Waals surface area contributed by atoms with E-state index >= 15 is 0 Å². The third-order valence-corrected chi connectivity index (χ3v) is 4.18. The Morgan fingerprint density at radius 1 is 1.05 bits per heavy atom. The Balaban J connectivity index is 2.07. The van der Waals surface area contributed by atoms with Crippen molar-refractivity contribution >= 4 is 11.6 Å². The van der Waals surface area contributed by atoms with Gasteiger partial charge in [0.1, 0.15) is 17.5 Å². The lowest BCUT2D eigenvalue weighted by atomic mass is 9.80. The Kier molecular flexibility index (Phi) is 5.83. The monoisotopic (exact) mass is 290 g/mol. The van der Waals surface area contributed by atoms with Crippen LogP contribution in [0.15, 0.2) is 6.07 Å². The molecule has 0 aromatic carbocycles. The normalized spacial score (nSPS) is 25.6. The molecule has 1 aromatic rings. The number of nitrogens with one attached hydrogen (secondary N) is 2. The lowest BCUT2D eigenvalue weighted by Crippen LogP contribution is -2.30. The second kappa shape index (κ2) is 7.62. The van der Waals surface area contributed by atoms with Gasteiger partial charge in [-0.2, -0.15) is 0 Å². The van der Waals surface area contributed by atoms with Crippen molar-refractivity contribution < 1.29 is 0 Å². The highest BCUT2D eigenvalue weighted by molar-refractivity contribution is 5.48. The van der Waals surface area contributed by atoms with Gasteiger partial charge < -0.3 is 10.6 Å². The van der Waals surface area contributed by atoms with E-state index in [1.165, 1.54) is 19.3 Å². The van der Waals surface area contributed by atoms with E-state index in [2.05, 4.69) is 54.4 Å². The fraction of sp³-hybridized carbons (Fsp3) is 0.765. The van der Waals surface area contributed by atoms with Crippen LogP contribution in [0.25, 0.3) is 0 Å². The molecule has 1 aromatic heterocycles. The van der Waals surface area contributed by atoms with Crippen molar-refractivity contribution in [1.29, 1.82) is 0 Å². The van der Waals surface area contributed by atoms with Gasteiger partial charge >= 0.3 is 0 Å². The van der Waals surface area contributed by atoms with Gasteiger partial charge in [0, 0.05) is 25.1 Å². The minimum atomic E-state index is 0.544. The molecule has 1 saturated carbocycles. The molecule has 21 heavy (non-hydrogen) atoms. The maximum absolute atomic E-state index is 4.64. The number of nitrogens with zero attached hydrogens (tertiary/aromatic N) is 2. The predicted octanol–water partition coefficient (Wildman–Crippen LogP) is 4.10. The summed E-state index contributed by atoms with van der Waals surface area (Å²) in [6, 6.07) is 2.60. The smallest absolute Gasteiger partial charge is 0.132 e. The second-order valence-electron chi connectivity index (χ2n) is 6.59. The lowest BCUT2D eigenvalue weighted by Gasteiger charge is -2.32. The minimum Gasteiger partial charge on any atom is -0.370 e. The zero-order chi connectivity index (χ0) is 15.2. The van der Waals surface area contributed by atoms with Crippen LogP contribution in [0.5, 0.6) is 0 Å². The van der Waals surface area contributed by atoms with Gasteiger partial charge in [-0.05, 0) is 37.5 Å². The lowest BCUT2D eigenvalue weighted by molar-refractivity contribution is 0.280. The van der Waals surface area contributed by atoms with Gasteiger partial charge in [0.25, 0.3) is 0 Å². The zero-order valence-electron chi connectivity index (χ0n) is 13.9. The molecule has 4 heteroatoms. The van der Waals surface area contributed by atoms with E-state index in [0.29, 0.717) is 6.04 Å². The molecule has 2 N–H and O–H groups in total. The number of hydrogen-bond acceptors (Lipinski definition) is 4. The molecule has 0 radical (unpaired) electrons. The summed E-state index contributed by atoms with van der Waals surface area (Å²) in [5, 5.41) is 7.02. The number of rotatable bonds is 6. The molecule has 1 aliphatic rings. The number of aromatic nitrogens is 2. The Morgan fingerprint density at radius 2 is 1.71 bits per heavy atom. The van der Waals surface area contributed by atoms with E-state index in [4.69, 9.17) is 0 Å². The van der Waals surface area contributed by atoms with Gasteiger partial charge in [-0.3, -0.25) is 0 Å². The molecule has 1 aliphatic carbocycles. The maximum atomic E-state index is 4.64. The first-order valence-electron chi connectivity index (χ1n) is 8.49. The van der Waals surface area contributed by atoms with Crippen LogP contribution >= 0.6 is 0 Å². The van der Waals surface area contributed by atoms with Crippen molar-refractivity contribution in [1.82, 2.24) is 9.97 Å². The van der Waals surface area contributed by atoms with Crippen LogP contribution in [0.2, 0.25) is 0 Å². The summed E-state index contributed by atoms with van der Waals surface area (Å²) in [6.45, 7) is 9.94. The molecular weight excluding hydrogens is 260 g/mol. The van der Waals surface area contributed by atoms with Crippen LogP contribution in [0.4, 0.5) is 11.6 Å². The maximum Gasteiger partial charge on any atom is 0.132 e. The molecule has 2 unspecified atom stereocenters. The van der Waals surface area contributed by atoms with Gasteiger partial charge in [-0.1, -0.05) is 27.7 Å². The van der Waals surface area contributed by atoms with Crippen molar-refractivity contribution in [3.63, 3.8) is 0 Å². The molecule has 0 aliphatic heterocycles. The summed E-state index contributed by atoms with van der Waals surface area (Å²) in [5.41, 5.74) is 0. The van der Waals surface area contributed by atoms with Gasteiger partial charge in [-0.25, -0.2) is 9.97 Å². The highest BCUT2D eigenvalue weighted by atomic mass is 15.1. The first-order chi connectivity index (χ1) is 10.1. The molecule has 0 amide bonds. The summed E-state index contributed by atoms with van der Waals surface area (Å²) in [7, 11) is 0. The molecule has 118 valence electrons. The Bertz CT molecular complexity index is 436. The molecule has 1 heterocycles. The SMILES string of the molecule is CCCNc1cc(NC2CC(C)CC(C)C2)nc(CC)n1. The van der Waals surface area contributed by atoms with Crippen LogP contribution in [0.3, 0.4) is 0 Å². The van der Waals surface area contributed by atoms with Crippen LogP contribution < -0.4 is 10.6 Å². The zero-order valence-corrected chi connectivity index (χ0v) is 13.9. The molecular formula is C17H30N4. The molecule has 0 bridgehead atoms. The Labute approximate surface area is 129 Å². The first kappa shape index (κ1) is 16.1. The van der Waals surface area contributed by atoms with E-state index in [0.717, 1.165) is 48.7 Å². The third-order valence-electron chi connectivity index (χ3n) is 4.18. The van der Waals surface area contributed by atoms with E-state index in [1.807, 2.05) is 0 Å². The number of aryl methyl sites for hydroxylation is 1. The second-order valence-corrected chi connectivity index (χ2v) is 6.59.